The molecule has 0 rings (SSSR count). The molecular weight excluding hydrogens is 159 g/mol. The van der Waals surface area contributed by atoms with E-state index in [0.717, 1.165) is 0 Å². The Bertz CT molecular complexity index is 129. The molecule has 0 bridgehead atoms. The van der Waals surface area contributed by atoms with Crippen LogP contribution in [0.25, 0.3) is 0 Å². The molecule has 0 spiro atoms. The van der Waals surface area contributed by atoms with E-state index in [1.807, 2.05) is 0 Å². The molecule has 0 atom stereocenters. The largest absolute Gasteiger partial charge is 0.295 e. The van der Waals surface area contributed by atoms with Gasteiger partial charge in [0.15, 0.2) is 5.78 Å². The molecular formula is C6H8Cl2O. The van der Waals surface area contributed by atoms with E-state index in [1.165, 1.54) is 6.08 Å². The third kappa shape index (κ3) is 4.49. The Morgan fingerprint density at radius 3 is 2.56 bits per heavy atom. The van der Waals surface area contributed by atoms with Crippen molar-refractivity contribution in [2.75, 3.05) is 5.88 Å². The maximum absolute atomic E-state index is 10.6. The van der Waals surface area contributed by atoms with Crippen LogP contribution in [-0.2, 0) is 4.79 Å². The minimum absolute atomic E-state index is 0.0145. The third-order valence-corrected chi connectivity index (χ3v) is 1.46. The Morgan fingerprint density at radius 2 is 2.22 bits per heavy atom. The van der Waals surface area contributed by atoms with Crippen LogP contribution in [0.2, 0.25) is 0 Å². The summed E-state index contributed by atoms with van der Waals surface area (Å²) in [7, 11) is 0. The second-order valence-corrected chi connectivity index (χ2v) is 2.30. The van der Waals surface area contributed by atoms with Crippen LogP contribution >= 0.6 is 23.2 Å². The van der Waals surface area contributed by atoms with Gasteiger partial charge in [-0.15, -0.1) is 11.6 Å². The molecule has 0 fully saturated rings. The van der Waals surface area contributed by atoms with Gasteiger partial charge in [0.25, 0.3) is 0 Å². The van der Waals surface area contributed by atoms with E-state index in [0.29, 0.717) is 11.5 Å². The Morgan fingerprint density at radius 1 is 1.67 bits per heavy atom. The van der Waals surface area contributed by atoms with Gasteiger partial charge in [0.05, 0.1) is 5.88 Å². The van der Waals surface area contributed by atoms with Crippen molar-refractivity contribution >= 4 is 29.0 Å². The van der Waals surface area contributed by atoms with Crippen LogP contribution in [0.1, 0.15) is 13.3 Å². The number of hydrogen-bond donors (Lipinski definition) is 0. The molecule has 3 heteroatoms. The first kappa shape index (κ1) is 8.99. The first-order valence-corrected chi connectivity index (χ1v) is 3.56. The van der Waals surface area contributed by atoms with Crippen LogP contribution in [0.5, 0.6) is 0 Å². The Hall–Kier alpha value is -0.0100. The van der Waals surface area contributed by atoms with Crippen molar-refractivity contribution in [1.82, 2.24) is 0 Å². The molecule has 0 saturated heterocycles. The highest BCUT2D eigenvalue weighted by atomic mass is 35.5. The van der Waals surface area contributed by atoms with Crippen molar-refractivity contribution in [3.8, 4) is 0 Å². The smallest absolute Gasteiger partial charge is 0.156 e. The number of rotatable bonds is 3. The summed E-state index contributed by atoms with van der Waals surface area (Å²) < 4.78 is 0. The SMILES string of the molecule is CCC(=O)/C=C(\Cl)CCl. The zero-order valence-electron chi connectivity index (χ0n) is 5.16. The van der Waals surface area contributed by atoms with Gasteiger partial charge in [-0.3, -0.25) is 4.79 Å². The third-order valence-electron chi connectivity index (χ3n) is 0.794. The molecule has 0 aromatic rings. The van der Waals surface area contributed by atoms with Crippen molar-refractivity contribution in [3.63, 3.8) is 0 Å². The molecule has 0 N–H and O–H groups in total. The molecule has 0 heterocycles. The summed E-state index contributed by atoms with van der Waals surface area (Å²) in [5, 5.41) is 0.406. The Balaban J connectivity index is 3.79. The molecule has 0 aromatic heterocycles. The summed E-state index contributed by atoms with van der Waals surface area (Å²) in [5.74, 6) is 0.230. The van der Waals surface area contributed by atoms with Gasteiger partial charge in [-0.2, -0.15) is 0 Å². The maximum atomic E-state index is 10.6. The van der Waals surface area contributed by atoms with E-state index in [2.05, 4.69) is 0 Å². The van der Waals surface area contributed by atoms with Crippen LogP contribution in [0.4, 0.5) is 0 Å². The van der Waals surface area contributed by atoms with E-state index >= 15 is 0 Å². The number of halogens is 2. The number of ketones is 1. The normalized spacial score (nSPS) is 11.7. The lowest BCUT2D eigenvalue weighted by molar-refractivity contribution is -0.114. The number of carbonyl (C=O) groups excluding carboxylic acids is 1. The van der Waals surface area contributed by atoms with Gasteiger partial charge < -0.3 is 0 Å². The predicted octanol–water partition coefficient (Wildman–Crippen LogP) is 2.33. The zero-order valence-corrected chi connectivity index (χ0v) is 6.67. The quantitative estimate of drug-likeness (QED) is 0.465. The lowest BCUT2D eigenvalue weighted by Crippen LogP contribution is -1.89. The van der Waals surface area contributed by atoms with E-state index in [-0.39, 0.29) is 11.7 Å². The van der Waals surface area contributed by atoms with Gasteiger partial charge in [-0.05, 0) is 6.08 Å². The molecule has 0 aliphatic heterocycles. The van der Waals surface area contributed by atoms with Crippen LogP contribution < -0.4 is 0 Å². The second kappa shape index (κ2) is 4.83. The number of carbonyl (C=O) groups is 1. The lowest BCUT2D eigenvalue weighted by atomic mass is 10.3. The Kier molecular flexibility index (Phi) is 4.83. The number of allylic oxidation sites excluding steroid dienone is 2. The van der Waals surface area contributed by atoms with E-state index in [1.54, 1.807) is 6.92 Å². The fourth-order valence-electron chi connectivity index (χ4n) is 0.315. The lowest BCUT2D eigenvalue weighted by Gasteiger charge is -1.87. The van der Waals surface area contributed by atoms with E-state index in [9.17, 15) is 4.79 Å². The maximum Gasteiger partial charge on any atom is 0.156 e. The summed E-state index contributed by atoms with van der Waals surface area (Å²) >= 11 is 10.7. The van der Waals surface area contributed by atoms with Gasteiger partial charge in [0, 0.05) is 11.5 Å². The van der Waals surface area contributed by atoms with Crippen LogP contribution in [0.3, 0.4) is 0 Å². The molecule has 0 aromatic carbocycles. The highest BCUT2D eigenvalue weighted by Crippen LogP contribution is 2.03. The fourth-order valence-corrected chi connectivity index (χ4v) is 0.514. The number of hydrogen-bond acceptors (Lipinski definition) is 1. The number of alkyl halides is 1. The molecule has 0 amide bonds. The molecule has 0 aliphatic carbocycles. The summed E-state index contributed by atoms with van der Waals surface area (Å²) in [6.45, 7) is 1.78. The molecule has 9 heavy (non-hydrogen) atoms. The Labute approximate surface area is 64.6 Å². The van der Waals surface area contributed by atoms with Crippen LogP contribution in [0.15, 0.2) is 11.1 Å². The minimum Gasteiger partial charge on any atom is -0.295 e. The molecule has 0 aliphatic rings. The molecule has 52 valence electrons. The predicted molar refractivity (Wildman–Crippen MR) is 40.0 cm³/mol. The summed E-state index contributed by atoms with van der Waals surface area (Å²) in [4.78, 5) is 10.6. The standard InChI is InChI=1S/C6H8Cl2O/c1-2-6(9)3-5(8)4-7/h3H,2,4H2,1H3/b5-3-. The van der Waals surface area contributed by atoms with Crippen LogP contribution in [-0.4, -0.2) is 11.7 Å². The van der Waals surface area contributed by atoms with Gasteiger partial charge in [0.1, 0.15) is 0 Å². The topological polar surface area (TPSA) is 17.1 Å². The summed E-state index contributed by atoms with van der Waals surface area (Å²) in [5.41, 5.74) is 0. The van der Waals surface area contributed by atoms with Crippen molar-refractivity contribution in [2.24, 2.45) is 0 Å². The van der Waals surface area contributed by atoms with Crippen molar-refractivity contribution in [2.45, 2.75) is 13.3 Å². The van der Waals surface area contributed by atoms with Gasteiger partial charge >= 0.3 is 0 Å². The van der Waals surface area contributed by atoms with Gasteiger partial charge in [0.2, 0.25) is 0 Å². The average Bonchev–Trinajstić information content (AvgIpc) is 1.87. The monoisotopic (exact) mass is 166 g/mol. The minimum atomic E-state index is 0.0145. The molecule has 0 unspecified atom stereocenters. The molecule has 0 radical (unpaired) electrons. The summed E-state index contributed by atoms with van der Waals surface area (Å²) in [6.07, 6.45) is 1.83. The van der Waals surface area contributed by atoms with Crippen molar-refractivity contribution in [1.29, 1.82) is 0 Å². The van der Waals surface area contributed by atoms with Gasteiger partial charge in [-0.1, -0.05) is 18.5 Å². The zero-order chi connectivity index (χ0) is 7.28. The first-order valence-electron chi connectivity index (χ1n) is 2.65. The second-order valence-electron chi connectivity index (χ2n) is 1.54. The average molecular weight is 167 g/mol. The molecule has 0 saturated carbocycles. The first-order chi connectivity index (χ1) is 4.20. The molecule has 1 nitrogen and oxygen atoms in total. The highest BCUT2D eigenvalue weighted by Gasteiger charge is 1.93. The fraction of sp³-hybridized carbons (Fsp3) is 0.500. The van der Waals surface area contributed by atoms with Gasteiger partial charge in [-0.25, -0.2) is 0 Å². The van der Waals surface area contributed by atoms with E-state index < -0.39 is 0 Å². The highest BCUT2D eigenvalue weighted by molar-refractivity contribution is 6.36. The van der Waals surface area contributed by atoms with Crippen molar-refractivity contribution < 1.29 is 4.79 Å². The van der Waals surface area contributed by atoms with E-state index in [4.69, 9.17) is 23.2 Å². The van der Waals surface area contributed by atoms with Crippen molar-refractivity contribution in [3.05, 3.63) is 11.1 Å². The van der Waals surface area contributed by atoms with Crippen LogP contribution in [0, 0.1) is 0 Å². The summed E-state index contributed by atoms with van der Waals surface area (Å²) in [6, 6.07) is 0.